The average molecular weight is 364 g/mol. The maximum atomic E-state index is 13.3. The number of aryl methyl sites for hydroxylation is 2. The molecule has 0 fully saturated rings. The van der Waals surface area contributed by atoms with Crippen LogP contribution in [0, 0.1) is 0 Å². The molecule has 0 aliphatic heterocycles. The quantitative estimate of drug-likeness (QED) is 0.512. The van der Waals surface area contributed by atoms with Crippen LogP contribution in [0.4, 0.5) is 0 Å². The van der Waals surface area contributed by atoms with Crippen molar-refractivity contribution in [3.63, 3.8) is 0 Å². The molecule has 6 nitrogen and oxygen atoms in total. The van der Waals surface area contributed by atoms with Gasteiger partial charge in [0.25, 0.3) is 5.56 Å². The summed E-state index contributed by atoms with van der Waals surface area (Å²) in [6.07, 6.45) is 4.14. The van der Waals surface area contributed by atoms with Crippen LogP contribution in [0.2, 0.25) is 0 Å². The number of aromatic nitrogens is 4. The van der Waals surface area contributed by atoms with Crippen molar-refractivity contribution < 1.29 is 4.79 Å². The van der Waals surface area contributed by atoms with Gasteiger partial charge in [0.15, 0.2) is 5.78 Å². The zero-order valence-corrected chi connectivity index (χ0v) is 15.0. The normalized spacial score (nSPS) is 14.0. The van der Waals surface area contributed by atoms with Crippen molar-refractivity contribution in [3.05, 3.63) is 57.0 Å². The molecule has 0 unspecified atom stereocenters. The van der Waals surface area contributed by atoms with Crippen molar-refractivity contribution in [1.29, 1.82) is 0 Å². The van der Waals surface area contributed by atoms with Gasteiger partial charge in [-0.3, -0.25) is 9.59 Å². The Hall–Kier alpha value is -2.80. The monoisotopic (exact) mass is 364 g/mol. The van der Waals surface area contributed by atoms with Crippen molar-refractivity contribution in [2.24, 2.45) is 0 Å². The molecule has 1 aliphatic rings. The molecular weight excluding hydrogens is 348 g/mol. The number of nitrogens with zero attached hydrogens (tertiary/aromatic N) is 4. The molecule has 130 valence electrons. The zero-order chi connectivity index (χ0) is 17.8. The summed E-state index contributed by atoms with van der Waals surface area (Å²) < 4.78 is 2.95. The highest BCUT2D eigenvalue weighted by atomic mass is 32.1. The fourth-order valence-corrected chi connectivity index (χ4v) is 4.93. The van der Waals surface area contributed by atoms with Gasteiger partial charge in [0.05, 0.1) is 11.1 Å². The van der Waals surface area contributed by atoms with E-state index in [1.54, 1.807) is 16.0 Å². The molecule has 1 aromatic carbocycles. The van der Waals surface area contributed by atoms with E-state index in [2.05, 4.69) is 5.10 Å². The molecule has 0 bridgehead atoms. The van der Waals surface area contributed by atoms with E-state index in [1.807, 2.05) is 30.3 Å². The van der Waals surface area contributed by atoms with E-state index in [0.717, 1.165) is 41.8 Å². The Kier molecular flexibility index (Phi) is 3.33. The standard InChI is InChI=1S/C19H16N4O2S/c1-11(24)16-21-23(12-7-3-2-4-8-12)19-20-17-15(18(25)22(16)19)13-9-5-6-10-14(13)26-17/h2-4,7-8H,5-6,9-10H2,1H3. The number of rotatable bonds is 2. The lowest BCUT2D eigenvalue weighted by Crippen LogP contribution is -2.19. The molecule has 0 atom stereocenters. The first-order valence-electron chi connectivity index (χ1n) is 8.67. The Labute approximate surface area is 152 Å². The van der Waals surface area contributed by atoms with Crippen LogP contribution in [-0.4, -0.2) is 24.9 Å². The highest BCUT2D eigenvalue weighted by Gasteiger charge is 2.25. The van der Waals surface area contributed by atoms with Crippen LogP contribution >= 0.6 is 11.3 Å². The van der Waals surface area contributed by atoms with E-state index in [1.165, 1.54) is 16.2 Å². The number of Topliss-reactive ketones (excluding diaryl/α,β-unsaturated/α-hetero) is 1. The van der Waals surface area contributed by atoms with Gasteiger partial charge < -0.3 is 0 Å². The molecule has 0 N–H and O–H groups in total. The summed E-state index contributed by atoms with van der Waals surface area (Å²) in [5.74, 6) is 0.258. The van der Waals surface area contributed by atoms with Gasteiger partial charge in [-0.25, -0.2) is 9.38 Å². The van der Waals surface area contributed by atoms with Crippen LogP contribution in [0.15, 0.2) is 35.1 Å². The number of ketones is 1. The third-order valence-electron chi connectivity index (χ3n) is 4.88. The van der Waals surface area contributed by atoms with Crippen LogP contribution in [0.3, 0.4) is 0 Å². The number of carbonyl (C=O) groups is 1. The van der Waals surface area contributed by atoms with Gasteiger partial charge in [0.1, 0.15) is 4.83 Å². The number of fused-ring (bicyclic) bond motifs is 4. The van der Waals surface area contributed by atoms with Gasteiger partial charge in [0.2, 0.25) is 11.6 Å². The Morgan fingerprint density at radius 1 is 1.15 bits per heavy atom. The van der Waals surface area contributed by atoms with E-state index in [0.29, 0.717) is 11.2 Å². The molecule has 26 heavy (non-hydrogen) atoms. The lowest BCUT2D eigenvalue weighted by Gasteiger charge is -2.09. The Balaban J connectivity index is 1.94. The average Bonchev–Trinajstić information content (AvgIpc) is 3.21. The molecule has 4 aromatic rings. The minimum Gasteiger partial charge on any atom is -0.291 e. The fourth-order valence-electron chi connectivity index (χ4n) is 3.68. The third-order valence-corrected chi connectivity index (χ3v) is 6.07. The van der Waals surface area contributed by atoms with Crippen LogP contribution in [0.5, 0.6) is 0 Å². The highest BCUT2D eigenvalue weighted by molar-refractivity contribution is 7.18. The predicted octanol–water partition coefficient (Wildman–Crippen LogP) is 3.18. The molecule has 5 rings (SSSR count). The van der Waals surface area contributed by atoms with Crippen molar-refractivity contribution in [2.75, 3.05) is 0 Å². The summed E-state index contributed by atoms with van der Waals surface area (Å²) in [5, 5.41) is 5.07. The molecule has 0 saturated heterocycles. The van der Waals surface area contributed by atoms with Gasteiger partial charge >= 0.3 is 0 Å². The Bertz CT molecular complexity index is 1230. The number of thiophene rings is 1. The van der Waals surface area contributed by atoms with Gasteiger partial charge in [-0.1, -0.05) is 18.2 Å². The second kappa shape index (κ2) is 5.60. The van der Waals surface area contributed by atoms with E-state index in [-0.39, 0.29) is 17.2 Å². The maximum absolute atomic E-state index is 13.3. The number of carbonyl (C=O) groups excluding carboxylic acids is 1. The van der Waals surface area contributed by atoms with Crippen LogP contribution in [0.1, 0.15) is 40.8 Å². The maximum Gasteiger partial charge on any atom is 0.269 e. The Morgan fingerprint density at radius 2 is 1.92 bits per heavy atom. The van der Waals surface area contributed by atoms with Gasteiger partial charge in [-0.15, -0.1) is 16.4 Å². The molecule has 3 aromatic heterocycles. The van der Waals surface area contributed by atoms with Crippen molar-refractivity contribution in [1.82, 2.24) is 19.2 Å². The number of hydrogen-bond acceptors (Lipinski definition) is 5. The SMILES string of the molecule is CC(=O)c1nn(-c2ccccc2)c2nc3sc4c(c3c(=O)n12)CCCC4. The molecular formula is C19H16N4O2S. The zero-order valence-electron chi connectivity index (χ0n) is 14.2. The third kappa shape index (κ3) is 2.10. The summed E-state index contributed by atoms with van der Waals surface area (Å²) >= 11 is 1.60. The fraction of sp³-hybridized carbons (Fsp3) is 0.263. The highest BCUT2D eigenvalue weighted by Crippen LogP contribution is 2.34. The number of hydrogen-bond donors (Lipinski definition) is 0. The summed E-state index contributed by atoms with van der Waals surface area (Å²) in [6.45, 7) is 1.43. The molecule has 0 saturated carbocycles. The van der Waals surface area contributed by atoms with Gasteiger partial charge in [0, 0.05) is 11.8 Å². The van der Waals surface area contributed by atoms with Crippen molar-refractivity contribution >= 4 is 33.1 Å². The van der Waals surface area contributed by atoms with Crippen molar-refractivity contribution in [3.8, 4) is 5.69 Å². The molecule has 1 aliphatic carbocycles. The predicted molar refractivity (Wildman–Crippen MR) is 101 cm³/mol. The Morgan fingerprint density at radius 3 is 2.69 bits per heavy atom. The lowest BCUT2D eigenvalue weighted by atomic mass is 9.97. The van der Waals surface area contributed by atoms with E-state index in [9.17, 15) is 9.59 Å². The van der Waals surface area contributed by atoms with E-state index >= 15 is 0 Å². The van der Waals surface area contributed by atoms with Crippen molar-refractivity contribution in [2.45, 2.75) is 32.6 Å². The second-order valence-electron chi connectivity index (χ2n) is 6.57. The van der Waals surface area contributed by atoms with Crippen LogP contribution in [-0.2, 0) is 12.8 Å². The first-order chi connectivity index (χ1) is 12.6. The second-order valence-corrected chi connectivity index (χ2v) is 7.65. The largest absolute Gasteiger partial charge is 0.291 e. The first-order valence-corrected chi connectivity index (χ1v) is 9.49. The van der Waals surface area contributed by atoms with E-state index in [4.69, 9.17) is 4.98 Å². The van der Waals surface area contributed by atoms with Crippen LogP contribution in [0.25, 0.3) is 21.7 Å². The van der Waals surface area contributed by atoms with Gasteiger partial charge in [-0.2, -0.15) is 4.68 Å². The van der Waals surface area contributed by atoms with Gasteiger partial charge in [-0.05, 0) is 43.4 Å². The lowest BCUT2D eigenvalue weighted by molar-refractivity contribution is 0.100. The number of para-hydroxylation sites is 1. The minimum atomic E-state index is -0.253. The number of benzene rings is 1. The molecule has 7 heteroatoms. The summed E-state index contributed by atoms with van der Waals surface area (Å²) in [6, 6.07) is 9.45. The topological polar surface area (TPSA) is 69.3 Å². The van der Waals surface area contributed by atoms with E-state index < -0.39 is 0 Å². The summed E-state index contributed by atoms with van der Waals surface area (Å²) in [5.41, 5.74) is 1.70. The molecule has 0 radical (unpaired) electrons. The smallest absolute Gasteiger partial charge is 0.269 e. The van der Waals surface area contributed by atoms with Crippen LogP contribution < -0.4 is 5.56 Å². The molecule has 0 amide bonds. The molecule has 0 spiro atoms. The minimum absolute atomic E-state index is 0.124. The summed E-state index contributed by atoms with van der Waals surface area (Å²) in [7, 11) is 0. The molecule has 3 heterocycles. The summed E-state index contributed by atoms with van der Waals surface area (Å²) in [4.78, 5) is 32.2. The first kappa shape index (κ1) is 15.5.